The summed E-state index contributed by atoms with van der Waals surface area (Å²) in [7, 11) is 1.34. The van der Waals surface area contributed by atoms with Gasteiger partial charge in [-0.15, -0.1) is 0 Å². The zero-order valence-corrected chi connectivity index (χ0v) is 9.02. The minimum atomic E-state index is -0.396. The Balaban J connectivity index is 2.39. The number of methoxy groups -OCH3 is 1. The molecule has 0 saturated carbocycles. The maximum atomic E-state index is 11.3. The lowest BCUT2D eigenvalue weighted by Crippen LogP contribution is -2.01. The summed E-state index contributed by atoms with van der Waals surface area (Å²) in [5.41, 5.74) is 2.70. The largest absolute Gasteiger partial charge is 0.464 e. The zero-order valence-electron chi connectivity index (χ0n) is 9.02. The van der Waals surface area contributed by atoms with E-state index in [2.05, 4.69) is 19.7 Å². The van der Waals surface area contributed by atoms with Crippen molar-refractivity contribution in [1.82, 2.24) is 15.0 Å². The molecule has 0 unspecified atom stereocenters. The van der Waals surface area contributed by atoms with Crippen LogP contribution in [0.15, 0.2) is 24.5 Å². The van der Waals surface area contributed by atoms with Crippen molar-refractivity contribution < 1.29 is 9.53 Å². The lowest BCUT2D eigenvalue weighted by molar-refractivity contribution is 0.0595. The molecule has 2 rings (SSSR count). The van der Waals surface area contributed by atoms with Crippen LogP contribution >= 0.6 is 0 Å². The van der Waals surface area contributed by atoms with Crippen LogP contribution in [0.3, 0.4) is 0 Å². The van der Waals surface area contributed by atoms with Crippen molar-refractivity contribution in [3.63, 3.8) is 0 Å². The number of carbonyl (C=O) groups is 1. The predicted molar refractivity (Wildman–Crippen MR) is 57.9 cm³/mol. The number of nitrogens with zero attached hydrogens (tertiary/aromatic N) is 2. The van der Waals surface area contributed by atoms with Crippen molar-refractivity contribution >= 4 is 5.97 Å². The van der Waals surface area contributed by atoms with Crippen LogP contribution in [-0.4, -0.2) is 28.0 Å². The summed E-state index contributed by atoms with van der Waals surface area (Å²) >= 11 is 0. The Kier molecular flexibility index (Phi) is 2.68. The minimum Gasteiger partial charge on any atom is -0.464 e. The Bertz CT molecular complexity index is 519. The van der Waals surface area contributed by atoms with Crippen molar-refractivity contribution in [2.24, 2.45) is 0 Å². The van der Waals surface area contributed by atoms with Crippen molar-refractivity contribution in [3.05, 3.63) is 35.9 Å². The molecule has 2 aromatic heterocycles. The van der Waals surface area contributed by atoms with E-state index in [0.29, 0.717) is 5.69 Å². The van der Waals surface area contributed by atoms with E-state index in [9.17, 15) is 4.79 Å². The van der Waals surface area contributed by atoms with Crippen molar-refractivity contribution in [3.8, 4) is 11.4 Å². The van der Waals surface area contributed by atoms with Gasteiger partial charge in [-0.1, -0.05) is 0 Å². The molecule has 0 aliphatic rings. The Morgan fingerprint density at radius 3 is 2.75 bits per heavy atom. The fourth-order valence-corrected chi connectivity index (χ4v) is 1.43. The predicted octanol–water partition coefficient (Wildman–Crippen LogP) is 1.57. The van der Waals surface area contributed by atoms with Crippen molar-refractivity contribution in [2.75, 3.05) is 7.11 Å². The molecule has 1 N–H and O–H groups in total. The van der Waals surface area contributed by atoms with Crippen LogP contribution in [0.4, 0.5) is 0 Å². The highest BCUT2D eigenvalue weighted by molar-refractivity contribution is 5.88. The molecule has 0 amide bonds. The average Bonchev–Trinajstić information content (AvgIpc) is 2.78. The van der Waals surface area contributed by atoms with Gasteiger partial charge in [-0.3, -0.25) is 9.97 Å². The van der Waals surface area contributed by atoms with Crippen LogP contribution < -0.4 is 0 Å². The van der Waals surface area contributed by atoms with E-state index in [0.717, 1.165) is 17.1 Å². The average molecular weight is 217 g/mol. The lowest BCUT2D eigenvalue weighted by Gasteiger charge is -2.00. The molecule has 2 heterocycles. The first-order valence-electron chi connectivity index (χ1n) is 4.77. The first-order valence-corrected chi connectivity index (χ1v) is 4.77. The number of aromatic nitrogens is 3. The molecule has 0 spiro atoms. The molecule has 0 aliphatic carbocycles. The molecular formula is C11H11N3O2. The minimum absolute atomic E-state index is 0.396. The number of hydrogen-bond acceptors (Lipinski definition) is 4. The summed E-state index contributed by atoms with van der Waals surface area (Å²) in [6.45, 7) is 1.86. The van der Waals surface area contributed by atoms with Crippen LogP contribution in [0, 0.1) is 6.92 Å². The van der Waals surface area contributed by atoms with Crippen LogP contribution in [0.1, 0.15) is 16.2 Å². The highest BCUT2D eigenvalue weighted by Gasteiger charge is 2.11. The summed E-state index contributed by atoms with van der Waals surface area (Å²) in [4.78, 5) is 22.5. The Morgan fingerprint density at radius 2 is 2.06 bits per heavy atom. The molecule has 0 fully saturated rings. The Labute approximate surface area is 92.5 Å². The van der Waals surface area contributed by atoms with E-state index in [1.807, 2.05) is 6.92 Å². The van der Waals surface area contributed by atoms with E-state index in [1.165, 1.54) is 7.11 Å². The maximum absolute atomic E-state index is 11.3. The third-order valence-corrected chi connectivity index (χ3v) is 2.23. The summed E-state index contributed by atoms with van der Waals surface area (Å²) in [5, 5.41) is 0. The normalized spacial score (nSPS) is 10.1. The van der Waals surface area contributed by atoms with Gasteiger partial charge in [-0.25, -0.2) is 4.79 Å². The van der Waals surface area contributed by atoms with Gasteiger partial charge in [0.2, 0.25) is 0 Å². The molecule has 0 bridgehead atoms. The molecule has 0 aromatic carbocycles. The lowest BCUT2D eigenvalue weighted by atomic mass is 10.2. The number of ether oxygens (including phenoxy) is 1. The number of carbonyl (C=O) groups excluding carboxylic acids is 1. The summed E-state index contributed by atoms with van der Waals surface area (Å²) < 4.78 is 4.61. The topological polar surface area (TPSA) is 67.9 Å². The maximum Gasteiger partial charge on any atom is 0.354 e. The number of aromatic amines is 1. The number of nitrogens with one attached hydrogen (secondary N) is 1. The SMILES string of the molecule is COC(=O)c1ccc(-c2nccnc2C)[nH]1. The van der Waals surface area contributed by atoms with Gasteiger partial charge >= 0.3 is 5.97 Å². The number of aryl methyl sites for hydroxylation is 1. The second-order valence-corrected chi connectivity index (χ2v) is 3.27. The second kappa shape index (κ2) is 4.14. The third-order valence-electron chi connectivity index (χ3n) is 2.23. The van der Waals surface area contributed by atoms with Crippen LogP contribution in [0.5, 0.6) is 0 Å². The first kappa shape index (κ1) is 10.4. The van der Waals surface area contributed by atoms with E-state index in [-0.39, 0.29) is 0 Å². The highest BCUT2D eigenvalue weighted by atomic mass is 16.5. The van der Waals surface area contributed by atoms with Gasteiger partial charge in [0.1, 0.15) is 11.4 Å². The molecule has 82 valence electrons. The zero-order chi connectivity index (χ0) is 11.5. The highest BCUT2D eigenvalue weighted by Crippen LogP contribution is 2.18. The van der Waals surface area contributed by atoms with Gasteiger partial charge in [0.25, 0.3) is 0 Å². The number of rotatable bonds is 2. The fourth-order valence-electron chi connectivity index (χ4n) is 1.43. The molecule has 16 heavy (non-hydrogen) atoms. The third kappa shape index (κ3) is 1.79. The first-order chi connectivity index (χ1) is 7.72. The fraction of sp³-hybridized carbons (Fsp3) is 0.182. The molecule has 0 radical (unpaired) electrons. The molecule has 5 nitrogen and oxygen atoms in total. The Hall–Kier alpha value is -2.17. The quantitative estimate of drug-likeness (QED) is 0.775. The summed E-state index contributed by atoms with van der Waals surface area (Å²) in [5.74, 6) is -0.396. The van der Waals surface area contributed by atoms with Crippen LogP contribution in [-0.2, 0) is 4.74 Å². The van der Waals surface area contributed by atoms with Gasteiger partial charge < -0.3 is 9.72 Å². The van der Waals surface area contributed by atoms with E-state index in [4.69, 9.17) is 0 Å². The molecule has 0 aliphatic heterocycles. The molecule has 0 saturated heterocycles. The molecule has 0 atom stereocenters. The summed E-state index contributed by atoms with van der Waals surface area (Å²) in [6.07, 6.45) is 3.24. The van der Waals surface area contributed by atoms with E-state index >= 15 is 0 Å². The van der Waals surface area contributed by atoms with Gasteiger partial charge in [-0.05, 0) is 19.1 Å². The second-order valence-electron chi connectivity index (χ2n) is 3.27. The van der Waals surface area contributed by atoms with E-state index in [1.54, 1.807) is 24.5 Å². The molecular weight excluding hydrogens is 206 g/mol. The van der Waals surface area contributed by atoms with Crippen LogP contribution in [0.2, 0.25) is 0 Å². The smallest absolute Gasteiger partial charge is 0.354 e. The Morgan fingerprint density at radius 1 is 1.31 bits per heavy atom. The number of esters is 1. The van der Waals surface area contributed by atoms with Gasteiger partial charge in [0.05, 0.1) is 18.5 Å². The van der Waals surface area contributed by atoms with E-state index < -0.39 is 5.97 Å². The van der Waals surface area contributed by atoms with Crippen molar-refractivity contribution in [2.45, 2.75) is 6.92 Å². The van der Waals surface area contributed by atoms with Gasteiger partial charge in [0, 0.05) is 12.4 Å². The molecule has 5 heteroatoms. The van der Waals surface area contributed by atoms with Crippen LogP contribution in [0.25, 0.3) is 11.4 Å². The van der Waals surface area contributed by atoms with Crippen molar-refractivity contribution in [1.29, 1.82) is 0 Å². The standard InChI is InChI=1S/C11H11N3O2/c1-7-10(13-6-5-12-7)8-3-4-9(14-8)11(15)16-2/h3-6,14H,1-2H3. The molecule has 2 aromatic rings. The van der Waals surface area contributed by atoms with Gasteiger partial charge in [-0.2, -0.15) is 0 Å². The summed E-state index contributed by atoms with van der Waals surface area (Å²) in [6, 6.07) is 3.44. The number of H-pyrrole nitrogens is 1. The monoisotopic (exact) mass is 217 g/mol. The van der Waals surface area contributed by atoms with Gasteiger partial charge in [0.15, 0.2) is 0 Å². The number of hydrogen-bond donors (Lipinski definition) is 1.